The van der Waals surface area contributed by atoms with Crippen molar-refractivity contribution in [3.05, 3.63) is 33.8 Å². The highest BCUT2D eigenvalue weighted by molar-refractivity contribution is 9.10. The van der Waals surface area contributed by atoms with Gasteiger partial charge >= 0.3 is 0 Å². The van der Waals surface area contributed by atoms with E-state index >= 15 is 0 Å². The predicted octanol–water partition coefficient (Wildman–Crippen LogP) is 1.28. The van der Waals surface area contributed by atoms with Crippen LogP contribution < -0.4 is 11.3 Å². The third-order valence-corrected chi connectivity index (χ3v) is 2.12. The van der Waals surface area contributed by atoms with E-state index in [1.165, 1.54) is 0 Å². The Morgan fingerprint density at radius 2 is 2.33 bits per heavy atom. The van der Waals surface area contributed by atoms with E-state index in [-0.39, 0.29) is 0 Å². The first-order chi connectivity index (χ1) is 5.77. The fourth-order valence-corrected chi connectivity index (χ4v) is 1.39. The molecule has 0 aromatic heterocycles. The number of hydrogen-bond donors (Lipinski definition) is 2. The second-order valence-electron chi connectivity index (χ2n) is 2.31. The molecule has 0 amide bonds. The Morgan fingerprint density at radius 3 is 2.83 bits per heavy atom. The van der Waals surface area contributed by atoms with Crippen molar-refractivity contribution in [3.63, 3.8) is 0 Å². The molecule has 0 heterocycles. The molecular formula is C8H8BrN3. The Bertz CT molecular complexity index is 317. The molecule has 0 unspecified atom stereocenters. The zero-order valence-electron chi connectivity index (χ0n) is 6.34. The van der Waals surface area contributed by atoms with Crippen molar-refractivity contribution in [1.82, 2.24) is 5.43 Å². The summed E-state index contributed by atoms with van der Waals surface area (Å²) in [5.41, 5.74) is 4.22. The van der Waals surface area contributed by atoms with Crippen molar-refractivity contribution >= 4 is 15.9 Å². The van der Waals surface area contributed by atoms with Gasteiger partial charge in [0, 0.05) is 11.0 Å². The molecule has 0 aliphatic heterocycles. The van der Waals surface area contributed by atoms with E-state index in [0.29, 0.717) is 12.1 Å². The number of rotatable bonds is 2. The van der Waals surface area contributed by atoms with Crippen molar-refractivity contribution in [1.29, 1.82) is 5.26 Å². The minimum absolute atomic E-state index is 0.601. The molecule has 1 aromatic carbocycles. The van der Waals surface area contributed by atoms with Crippen molar-refractivity contribution in [2.24, 2.45) is 5.84 Å². The lowest BCUT2D eigenvalue weighted by molar-refractivity contribution is 0.741. The normalized spacial score (nSPS) is 9.42. The Kier molecular flexibility index (Phi) is 3.23. The van der Waals surface area contributed by atoms with E-state index in [9.17, 15) is 0 Å². The van der Waals surface area contributed by atoms with E-state index in [1.54, 1.807) is 6.07 Å². The monoisotopic (exact) mass is 225 g/mol. The minimum Gasteiger partial charge on any atom is -0.271 e. The maximum atomic E-state index is 8.62. The average Bonchev–Trinajstić information content (AvgIpc) is 2.05. The maximum Gasteiger partial charge on any atom is 0.100 e. The number of nitrogens with one attached hydrogen (secondary N) is 1. The summed E-state index contributed by atoms with van der Waals surface area (Å²) in [5.74, 6) is 5.15. The van der Waals surface area contributed by atoms with Gasteiger partial charge < -0.3 is 0 Å². The molecule has 0 bridgehead atoms. The third kappa shape index (κ3) is 2.05. The number of hydrogen-bond acceptors (Lipinski definition) is 3. The highest BCUT2D eigenvalue weighted by Gasteiger charge is 1.98. The molecule has 4 heteroatoms. The zero-order valence-corrected chi connectivity index (χ0v) is 7.93. The van der Waals surface area contributed by atoms with Crippen LogP contribution in [-0.4, -0.2) is 0 Å². The van der Waals surface area contributed by atoms with Crippen molar-refractivity contribution < 1.29 is 0 Å². The summed E-state index contributed by atoms with van der Waals surface area (Å²) in [5, 5.41) is 8.62. The molecular weight excluding hydrogens is 218 g/mol. The molecule has 62 valence electrons. The number of benzene rings is 1. The number of nitrogens with zero attached hydrogens (tertiary/aromatic N) is 1. The van der Waals surface area contributed by atoms with Crippen LogP contribution in [0.5, 0.6) is 0 Å². The highest BCUT2D eigenvalue weighted by atomic mass is 79.9. The van der Waals surface area contributed by atoms with Crippen LogP contribution in [-0.2, 0) is 6.54 Å². The van der Waals surface area contributed by atoms with Crippen molar-refractivity contribution in [2.45, 2.75) is 6.54 Å². The van der Waals surface area contributed by atoms with Crippen LogP contribution in [0.1, 0.15) is 11.1 Å². The summed E-state index contributed by atoms with van der Waals surface area (Å²) in [6, 6.07) is 7.56. The second-order valence-corrected chi connectivity index (χ2v) is 3.16. The van der Waals surface area contributed by atoms with Crippen LogP contribution in [0, 0.1) is 11.3 Å². The van der Waals surface area contributed by atoms with Crippen LogP contribution in [0.3, 0.4) is 0 Å². The van der Waals surface area contributed by atoms with E-state index in [2.05, 4.69) is 27.4 Å². The molecule has 0 atom stereocenters. The van der Waals surface area contributed by atoms with E-state index in [1.807, 2.05) is 12.1 Å². The lowest BCUT2D eigenvalue weighted by Gasteiger charge is -2.00. The summed E-state index contributed by atoms with van der Waals surface area (Å²) in [4.78, 5) is 0. The van der Waals surface area contributed by atoms with E-state index in [0.717, 1.165) is 10.0 Å². The molecule has 0 radical (unpaired) electrons. The Morgan fingerprint density at radius 1 is 1.58 bits per heavy atom. The zero-order chi connectivity index (χ0) is 8.97. The minimum atomic E-state index is 0.601. The second kappa shape index (κ2) is 4.21. The Balaban J connectivity index is 2.96. The first-order valence-electron chi connectivity index (χ1n) is 3.40. The smallest absolute Gasteiger partial charge is 0.100 e. The summed E-state index contributed by atoms with van der Waals surface area (Å²) in [6.45, 7) is 0.601. The molecule has 0 aliphatic carbocycles. The molecule has 0 saturated carbocycles. The van der Waals surface area contributed by atoms with Crippen LogP contribution in [0.15, 0.2) is 22.7 Å². The first kappa shape index (κ1) is 9.20. The van der Waals surface area contributed by atoms with Crippen molar-refractivity contribution in [2.75, 3.05) is 0 Å². The Hall–Kier alpha value is -0.890. The Labute approximate surface area is 79.3 Å². The van der Waals surface area contributed by atoms with Gasteiger partial charge in [0.1, 0.15) is 6.07 Å². The summed E-state index contributed by atoms with van der Waals surface area (Å²) in [7, 11) is 0. The van der Waals surface area contributed by atoms with Crippen molar-refractivity contribution in [3.8, 4) is 6.07 Å². The van der Waals surface area contributed by atoms with Crippen LogP contribution in [0.4, 0.5) is 0 Å². The fourth-order valence-electron chi connectivity index (χ4n) is 0.877. The highest BCUT2D eigenvalue weighted by Crippen LogP contribution is 2.17. The molecule has 1 rings (SSSR count). The number of halogens is 1. The van der Waals surface area contributed by atoms with Gasteiger partial charge in [0.25, 0.3) is 0 Å². The van der Waals surface area contributed by atoms with Crippen LogP contribution >= 0.6 is 15.9 Å². The molecule has 3 nitrogen and oxygen atoms in total. The van der Waals surface area contributed by atoms with Gasteiger partial charge in [-0.05, 0) is 33.6 Å². The number of nitrogens with two attached hydrogens (primary N) is 1. The van der Waals surface area contributed by atoms with Gasteiger partial charge in [-0.1, -0.05) is 6.07 Å². The van der Waals surface area contributed by atoms with Crippen LogP contribution in [0.25, 0.3) is 0 Å². The topological polar surface area (TPSA) is 61.8 Å². The summed E-state index contributed by atoms with van der Waals surface area (Å²) < 4.78 is 0.803. The van der Waals surface area contributed by atoms with Gasteiger partial charge in [0.05, 0.1) is 5.56 Å². The average molecular weight is 226 g/mol. The lowest BCUT2D eigenvalue weighted by Crippen LogP contribution is -2.20. The fraction of sp³-hybridized carbons (Fsp3) is 0.125. The predicted molar refractivity (Wildman–Crippen MR) is 49.9 cm³/mol. The third-order valence-electron chi connectivity index (χ3n) is 1.46. The molecule has 0 spiro atoms. The largest absolute Gasteiger partial charge is 0.271 e. The molecule has 1 aromatic rings. The van der Waals surface area contributed by atoms with Gasteiger partial charge in [0.2, 0.25) is 0 Å². The first-order valence-corrected chi connectivity index (χ1v) is 4.19. The van der Waals surface area contributed by atoms with Gasteiger partial charge in [-0.2, -0.15) is 5.26 Å². The number of nitriles is 1. The quantitative estimate of drug-likeness (QED) is 0.589. The van der Waals surface area contributed by atoms with Crippen LogP contribution in [0.2, 0.25) is 0 Å². The molecule has 3 N–H and O–H groups in total. The van der Waals surface area contributed by atoms with E-state index < -0.39 is 0 Å². The SMILES string of the molecule is N#Cc1ccc(CNN)cc1Br. The van der Waals surface area contributed by atoms with Gasteiger partial charge in [0.15, 0.2) is 0 Å². The molecule has 0 fully saturated rings. The molecule has 0 aliphatic rings. The number of hydrazine groups is 1. The van der Waals surface area contributed by atoms with Gasteiger partial charge in [-0.25, -0.2) is 0 Å². The lowest BCUT2D eigenvalue weighted by atomic mass is 10.1. The summed E-state index contributed by atoms with van der Waals surface area (Å²) in [6.07, 6.45) is 0. The molecule has 0 saturated heterocycles. The summed E-state index contributed by atoms with van der Waals surface area (Å²) >= 11 is 3.29. The van der Waals surface area contributed by atoms with Gasteiger partial charge in [-0.3, -0.25) is 11.3 Å². The molecule has 12 heavy (non-hydrogen) atoms. The standard InChI is InChI=1S/C8H8BrN3/c9-8-3-6(5-12-11)1-2-7(8)4-10/h1-3,12H,5,11H2. The maximum absolute atomic E-state index is 8.62. The van der Waals surface area contributed by atoms with E-state index in [4.69, 9.17) is 11.1 Å². The van der Waals surface area contributed by atoms with Gasteiger partial charge in [-0.15, -0.1) is 0 Å².